The second kappa shape index (κ2) is 5.22. The lowest BCUT2D eigenvalue weighted by Gasteiger charge is -2.10. The molecule has 1 fully saturated rings. The molecule has 0 spiro atoms. The van der Waals surface area contributed by atoms with Crippen LogP contribution in [0.1, 0.15) is 32.6 Å². The Hall–Kier alpha value is -0.570. The number of carbonyl (C=O) groups is 1. The fourth-order valence-corrected chi connectivity index (χ4v) is 1.45. The molecule has 0 aliphatic heterocycles. The van der Waals surface area contributed by atoms with Crippen LogP contribution < -0.4 is 11.1 Å². The van der Waals surface area contributed by atoms with Crippen molar-refractivity contribution in [2.45, 2.75) is 32.6 Å². The van der Waals surface area contributed by atoms with Gasteiger partial charge in [-0.05, 0) is 38.1 Å². The Morgan fingerprint density at radius 3 is 2.77 bits per heavy atom. The number of unbranched alkanes of at least 4 members (excludes halogenated alkanes) is 1. The first-order chi connectivity index (χ1) is 6.25. The molecule has 1 amide bonds. The summed E-state index contributed by atoms with van der Waals surface area (Å²) in [6.07, 6.45) is 4.46. The predicted octanol–water partition coefficient (Wildman–Crippen LogP) is 0.888. The van der Waals surface area contributed by atoms with Crippen LogP contribution in [-0.2, 0) is 4.79 Å². The number of nitrogens with one attached hydrogen (secondary N) is 1. The van der Waals surface area contributed by atoms with E-state index in [1.165, 1.54) is 12.8 Å². The summed E-state index contributed by atoms with van der Waals surface area (Å²) < 4.78 is 0. The molecule has 0 aromatic carbocycles. The number of hydrogen-bond acceptors (Lipinski definition) is 2. The molecule has 0 bridgehead atoms. The minimum Gasteiger partial charge on any atom is -0.356 e. The van der Waals surface area contributed by atoms with Gasteiger partial charge in [-0.25, -0.2) is 0 Å². The summed E-state index contributed by atoms with van der Waals surface area (Å²) in [6.45, 7) is 3.52. The Kier molecular flexibility index (Phi) is 4.22. The molecular weight excluding hydrogens is 164 g/mol. The van der Waals surface area contributed by atoms with Crippen LogP contribution in [0.2, 0.25) is 0 Å². The molecule has 1 rings (SSSR count). The molecule has 3 nitrogen and oxygen atoms in total. The topological polar surface area (TPSA) is 55.1 Å². The third-order valence-corrected chi connectivity index (χ3v) is 2.67. The number of rotatable bonds is 6. The molecule has 0 saturated heterocycles. The van der Waals surface area contributed by atoms with Gasteiger partial charge in [0.1, 0.15) is 0 Å². The summed E-state index contributed by atoms with van der Waals surface area (Å²) in [5.74, 6) is 1.10. The van der Waals surface area contributed by atoms with Gasteiger partial charge in [0.2, 0.25) is 5.91 Å². The van der Waals surface area contributed by atoms with Gasteiger partial charge in [0.05, 0.1) is 0 Å². The highest BCUT2D eigenvalue weighted by molar-refractivity contribution is 5.78. The van der Waals surface area contributed by atoms with Gasteiger partial charge in [0, 0.05) is 12.5 Å². The molecule has 0 aromatic heterocycles. The van der Waals surface area contributed by atoms with Gasteiger partial charge < -0.3 is 11.1 Å². The number of carbonyl (C=O) groups excluding carboxylic acids is 1. The van der Waals surface area contributed by atoms with Crippen LogP contribution >= 0.6 is 0 Å². The monoisotopic (exact) mass is 184 g/mol. The van der Waals surface area contributed by atoms with Crippen molar-refractivity contribution in [1.29, 1.82) is 0 Å². The number of nitrogens with two attached hydrogens (primary N) is 1. The van der Waals surface area contributed by atoms with E-state index in [1.807, 2.05) is 6.92 Å². The van der Waals surface area contributed by atoms with Crippen molar-refractivity contribution in [1.82, 2.24) is 5.32 Å². The summed E-state index contributed by atoms with van der Waals surface area (Å²) in [6, 6.07) is 0. The van der Waals surface area contributed by atoms with Gasteiger partial charge in [0.15, 0.2) is 0 Å². The third kappa shape index (κ3) is 3.77. The van der Waals surface area contributed by atoms with Crippen LogP contribution in [0.4, 0.5) is 0 Å². The normalized spacial score (nSPS) is 18.3. The van der Waals surface area contributed by atoms with E-state index >= 15 is 0 Å². The van der Waals surface area contributed by atoms with E-state index in [2.05, 4.69) is 5.32 Å². The van der Waals surface area contributed by atoms with Crippen molar-refractivity contribution >= 4 is 5.91 Å². The van der Waals surface area contributed by atoms with E-state index in [0.717, 1.165) is 19.4 Å². The molecule has 1 saturated carbocycles. The summed E-state index contributed by atoms with van der Waals surface area (Å²) in [7, 11) is 0. The minimum absolute atomic E-state index is 0.220. The first kappa shape index (κ1) is 10.5. The first-order valence-electron chi connectivity index (χ1n) is 5.23. The van der Waals surface area contributed by atoms with Crippen molar-refractivity contribution in [2.24, 2.45) is 17.6 Å². The molecule has 0 heterocycles. The molecule has 1 atom stereocenters. The van der Waals surface area contributed by atoms with E-state index in [4.69, 9.17) is 5.73 Å². The van der Waals surface area contributed by atoms with Gasteiger partial charge >= 0.3 is 0 Å². The van der Waals surface area contributed by atoms with Crippen molar-refractivity contribution in [2.75, 3.05) is 13.1 Å². The van der Waals surface area contributed by atoms with E-state index in [1.54, 1.807) is 0 Å². The van der Waals surface area contributed by atoms with Crippen LogP contribution in [0.5, 0.6) is 0 Å². The molecular formula is C10H20N2O. The second-order valence-electron chi connectivity index (χ2n) is 3.91. The Morgan fingerprint density at radius 2 is 2.23 bits per heavy atom. The summed E-state index contributed by atoms with van der Waals surface area (Å²) in [5, 5.41) is 2.94. The van der Waals surface area contributed by atoms with Crippen LogP contribution in [0.15, 0.2) is 0 Å². The lowest BCUT2D eigenvalue weighted by atomic mass is 10.1. The van der Waals surface area contributed by atoms with E-state index in [-0.39, 0.29) is 11.8 Å². The first-order valence-corrected chi connectivity index (χ1v) is 5.23. The molecule has 1 unspecified atom stereocenters. The van der Waals surface area contributed by atoms with Crippen molar-refractivity contribution in [3.05, 3.63) is 0 Å². The zero-order valence-electron chi connectivity index (χ0n) is 8.38. The van der Waals surface area contributed by atoms with Crippen molar-refractivity contribution in [3.8, 4) is 0 Å². The molecule has 1 aliphatic rings. The van der Waals surface area contributed by atoms with Crippen LogP contribution in [0.3, 0.4) is 0 Å². The Morgan fingerprint density at radius 1 is 1.54 bits per heavy atom. The quantitative estimate of drug-likeness (QED) is 0.602. The summed E-state index contributed by atoms with van der Waals surface area (Å²) in [5.41, 5.74) is 5.35. The largest absolute Gasteiger partial charge is 0.356 e. The average Bonchev–Trinajstić information content (AvgIpc) is 2.94. The molecule has 3 heteroatoms. The van der Waals surface area contributed by atoms with Gasteiger partial charge in [-0.15, -0.1) is 0 Å². The molecule has 0 radical (unpaired) electrons. The highest BCUT2D eigenvalue weighted by Gasteiger charge is 2.32. The van der Waals surface area contributed by atoms with Crippen LogP contribution in [-0.4, -0.2) is 19.0 Å². The zero-order valence-corrected chi connectivity index (χ0v) is 8.38. The molecule has 1 aliphatic carbocycles. The van der Waals surface area contributed by atoms with E-state index < -0.39 is 0 Å². The highest BCUT2D eigenvalue weighted by atomic mass is 16.1. The lowest BCUT2D eigenvalue weighted by molar-refractivity contribution is -0.125. The van der Waals surface area contributed by atoms with Crippen molar-refractivity contribution < 1.29 is 4.79 Å². The lowest BCUT2D eigenvalue weighted by Crippen LogP contribution is -2.31. The standard InChI is InChI=1S/C10H20N2O/c1-8(9-4-5-9)10(13)12-7-3-2-6-11/h8-9H,2-7,11H2,1H3,(H,12,13). The van der Waals surface area contributed by atoms with E-state index in [9.17, 15) is 4.79 Å². The SMILES string of the molecule is CC(C(=O)NCCCCN)C1CC1. The Labute approximate surface area is 80.1 Å². The van der Waals surface area contributed by atoms with Crippen LogP contribution in [0.25, 0.3) is 0 Å². The van der Waals surface area contributed by atoms with Gasteiger partial charge in [-0.1, -0.05) is 6.92 Å². The highest BCUT2D eigenvalue weighted by Crippen LogP contribution is 2.36. The third-order valence-electron chi connectivity index (χ3n) is 2.67. The van der Waals surface area contributed by atoms with Crippen molar-refractivity contribution in [3.63, 3.8) is 0 Å². The fourth-order valence-electron chi connectivity index (χ4n) is 1.45. The maximum atomic E-state index is 11.4. The summed E-state index contributed by atoms with van der Waals surface area (Å²) >= 11 is 0. The molecule has 13 heavy (non-hydrogen) atoms. The molecule has 3 N–H and O–H groups in total. The fraction of sp³-hybridized carbons (Fsp3) is 0.900. The van der Waals surface area contributed by atoms with Crippen LogP contribution in [0, 0.1) is 11.8 Å². The van der Waals surface area contributed by atoms with Gasteiger partial charge in [0.25, 0.3) is 0 Å². The second-order valence-corrected chi connectivity index (χ2v) is 3.91. The zero-order chi connectivity index (χ0) is 9.68. The maximum Gasteiger partial charge on any atom is 0.223 e. The average molecular weight is 184 g/mol. The van der Waals surface area contributed by atoms with E-state index in [0.29, 0.717) is 12.5 Å². The number of amides is 1. The molecule has 0 aromatic rings. The minimum atomic E-state index is 0.220. The smallest absolute Gasteiger partial charge is 0.223 e. The Bertz CT molecular complexity index is 166. The number of hydrogen-bond donors (Lipinski definition) is 2. The van der Waals surface area contributed by atoms with Gasteiger partial charge in [-0.2, -0.15) is 0 Å². The summed E-state index contributed by atoms with van der Waals surface area (Å²) in [4.78, 5) is 11.4. The predicted molar refractivity (Wildman–Crippen MR) is 53.2 cm³/mol. The maximum absolute atomic E-state index is 11.4. The van der Waals surface area contributed by atoms with Gasteiger partial charge in [-0.3, -0.25) is 4.79 Å². The molecule has 76 valence electrons. The Balaban J connectivity index is 2.02.